The number of anilines is 1. The Morgan fingerprint density at radius 3 is 3.14 bits per heavy atom. The SMILES string of the molecule is c1cnc2nc(NC3CCOC4(CCSC4)C3)ccc2n1. The lowest BCUT2D eigenvalue weighted by Gasteiger charge is -2.38. The van der Waals surface area contributed by atoms with Gasteiger partial charge in [-0.15, -0.1) is 0 Å². The van der Waals surface area contributed by atoms with Gasteiger partial charge in [-0.3, -0.25) is 4.98 Å². The average Bonchev–Trinajstić information content (AvgIpc) is 2.95. The molecule has 21 heavy (non-hydrogen) atoms. The topological polar surface area (TPSA) is 59.9 Å². The van der Waals surface area contributed by atoms with Gasteiger partial charge in [-0.2, -0.15) is 11.8 Å². The maximum atomic E-state index is 6.06. The van der Waals surface area contributed by atoms with E-state index < -0.39 is 0 Å². The number of fused-ring (bicyclic) bond motifs is 1. The molecule has 2 atom stereocenters. The summed E-state index contributed by atoms with van der Waals surface area (Å²) in [7, 11) is 0. The number of thioether (sulfide) groups is 1. The smallest absolute Gasteiger partial charge is 0.180 e. The molecule has 0 aliphatic carbocycles. The van der Waals surface area contributed by atoms with Crippen molar-refractivity contribution < 1.29 is 4.74 Å². The Bertz CT molecular complexity index is 644. The summed E-state index contributed by atoms with van der Waals surface area (Å²) in [6.07, 6.45) is 6.65. The monoisotopic (exact) mass is 302 g/mol. The first kappa shape index (κ1) is 13.3. The van der Waals surface area contributed by atoms with Crippen LogP contribution in [-0.4, -0.2) is 44.7 Å². The molecule has 2 aliphatic heterocycles. The maximum absolute atomic E-state index is 6.06. The second-order valence-corrected chi connectivity index (χ2v) is 6.87. The molecule has 2 aromatic rings. The molecule has 4 heterocycles. The largest absolute Gasteiger partial charge is 0.374 e. The maximum Gasteiger partial charge on any atom is 0.180 e. The Labute approximate surface area is 127 Å². The van der Waals surface area contributed by atoms with Crippen molar-refractivity contribution in [2.24, 2.45) is 0 Å². The summed E-state index contributed by atoms with van der Waals surface area (Å²) in [6.45, 7) is 0.839. The fraction of sp³-hybridized carbons (Fsp3) is 0.533. The van der Waals surface area contributed by atoms with E-state index in [-0.39, 0.29) is 5.60 Å². The van der Waals surface area contributed by atoms with Crippen LogP contribution in [0.3, 0.4) is 0 Å². The van der Waals surface area contributed by atoms with Crippen LogP contribution in [0, 0.1) is 0 Å². The van der Waals surface area contributed by atoms with E-state index >= 15 is 0 Å². The molecule has 2 unspecified atom stereocenters. The first-order chi connectivity index (χ1) is 10.3. The van der Waals surface area contributed by atoms with Gasteiger partial charge in [-0.05, 0) is 37.1 Å². The van der Waals surface area contributed by atoms with E-state index in [9.17, 15) is 0 Å². The molecule has 4 rings (SSSR count). The summed E-state index contributed by atoms with van der Waals surface area (Å²) in [6, 6.07) is 4.39. The van der Waals surface area contributed by atoms with Crippen LogP contribution in [0.15, 0.2) is 24.5 Å². The van der Waals surface area contributed by atoms with Gasteiger partial charge in [0.2, 0.25) is 0 Å². The third-order valence-corrected chi connectivity index (χ3v) is 5.47. The van der Waals surface area contributed by atoms with Gasteiger partial charge in [-0.25, -0.2) is 9.97 Å². The summed E-state index contributed by atoms with van der Waals surface area (Å²) in [5.41, 5.74) is 1.62. The van der Waals surface area contributed by atoms with Crippen molar-refractivity contribution in [3.05, 3.63) is 24.5 Å². The standard InChI is InChI=1S/C15H18N4OS/c1-2-13(19-14-12(1)16-5-6-17-14)18-11-3-7-20-15(9-11)4-8-21-10-15/h1-2,5-6,11H,3-4,7-10H2,(H,17,18,19). The summed E-state index contributed by atoms with van der Waals surface area (Å²) < 4.78 is 6.06. The molecule has 0 saturated carbocycles. The van der Waals surface area contributed by atoms with Crippen molar-refractivity contribution in [3.63, 3.8) is 0 Å². The normalized spacial score (nSPS) is 29.0. The van der Waals surface area contributed by atoms with E-state index in [1.165, 1.54) is 12.2 Å². The molecular formula is C15H18N4OS. The van der Waals surface area contributed by atoms with Gasteiger partial charge in [0.05, 0.1) is 5.60 Å². The highest BCUT2D eigenvalue weighted by molar-refractivity contribution is 7.99. The highest BCUT2D eigenvalue weighted by atomic mass is 32.2. The van der Waals surface area contributed by atoms with Crippen molar-refractivity contribution in [1.29, 1.82) is 0 Å². The highest BCUT2D eigenvalue weighted by Gasteiger charge is 2.40. The van der Waals surface area contributed by atoms with Crippen molar-refractivity contribution in [3.8, 4) is 0 Å². The zero-order valence-electron chi connectivity index (χ0n) is 11.8. The Morgan fingerprint density at radius 1 is 1.29 bits per heavy atom. The summed E-state index contributed by atoms with van der Waals surface area (Å²) in [5, 5.41) is 3.56. The minimum absolute atomic E-state index is 0.0945. The molecule has 2 saturated heterocycles. The van der Waals surface area contributed by atoms with E-state index in [0.29, 0.717) is 11.7 Å². The molecule has 1 N–H and O–H groups in total. The molecule has 5 nitrogen and oxygen atoms in total. The van der Waals surface area contributed by atoms with E-state index in [0.717, 1.165) is 36.5 Å². The molecule has 0 aromatic carbocycles. The lowest BCUT2D eigenvalue weighted by Crippen LogP contribution is -2.44. The molecule has 6 heteroatoms. The van der Waals surface area contributed by atoms with Gasteiger partial charge in [0.15, 0.2) is 5.65 Å². The van der Waals surface area contributed by atoms with Gasteiger partial charge in [0, 0.05) is 30.8 Å². The van der Waals surface area contributed by atoms with E-state index in [1.54, 1.807) is 12.4 Å². The number of rotatable bonds is 2. The van der Waals surface area contributed by atoms with Gasteiger partial charge in [0.1, 0.15) is 11.3 Å². The first-order valence-electron chi connectivity index (χ1n) is 7.39. The average molecular weight is 302 g/mol. The van der Waals surface area contributed by atoms with E-state index in [2.05, 4.69) is 20.3 Å². The fourth-order valence-corrected chi connectivity index (χ4v) is 4.54. The Hall–Kier alpha value is -1.40. The quantitative estimate of drug-likeness (QED) is 0.919. The van der Waals surface area contributed by atoms with E-state index in [4.69, 9.17) is 4.74 Å². The Morgan fingerprint density at radius 2 is 2.24 bits per heavy atom. The predicted molar refractivity (Wildman–Crippen MR) is 84.6 cm³/mol. The number of hydrogen-bond donors (Lipinski definition) is 1. The predicted octanol–water partition coefficient (Wildman–Crippen LogP) is 2.49. The fourth-order valence-electron chi connectivity index (χ4n) is 3.16. The van der Waals surface area contributed by atoms with Crippen LogP contribution in [0.4, 0.5) is 5.82 Å². The number of nitrogens with one attached hydrogen (secondary N) is 1. The second-order valence-electron chi connectivity index (χ2n) is 5.76. The van der Waals surface area contributed by atoms with Gasteiger partial charge in [-0.1, -0.05) is 0 Å². The number of aromatic nitrogens is 3. The van der Waals surface area contributed by atoms with Gasteiger partial charge < -0.3 is 10.1 Å². The number of hydrogen-bond acceptors (Lipinski definition) is 6. The molecule has 0 radical (unpaired) electrons. The van der Waals surface area contributed by atoms with Crippen LogP contribution >= 0.6 is 11.8 Å². The third kappa shape index (κ3) is 2.70. The molecule has 0 bridgehead atoms. The summed E-state index contributed by atoms with van der Waals surface area (Å²) >= 11 is 2.00. The van der Waals surface area contributed by atoms with Crippen LogP contribution in [0.2, 0.25) is 0 Å². The third-order valence-electron chi connectivity index (χ3n) is 4.24. The van der Waals surface area contributed by atoms with Crippen LogP contribution in [0.25, 0.3) is 11.2 Å². The lowest BCUT2D eigenvalue weighted by molar-refractivity contribution is -0.0628. The van der Waals surface area contributed by atoms with Crippen molar-refractivity contribution >= 4 is 28.7 Å². The van der Waals surface area contributed by atoms with Crippen molar-refractivity contribution in [2.45, 2.75) is 30.9 Å². The summed E-state index contributed by atoms with van der Waals surface area (Å²) in [5.74, 6) is 3.23. The minimum Gasteiger partial charge on any atom is -0.374 e. The van der Waals surface area contributed by atoms with Crippen LogP contribution in [-0.2, 0) is 4.74 Å². The summed E-state index contributed by atoms with van der Waals surface area (Å²) in [4.78, 5) is 13.1. The second kappa shape index (κ2) is 5.42. The zero-order valence-corrected chi connectivity index (χ0v) is 12.6. The number of ether oxygens (including phenoxy) is 1. The van der Waals surface area contributed by atoms with Crippen LogP contribution in [0.1, 0.15) is 19.3 Å². The highest BCUT2D eigenvalue weighted by Crippen LogP contribution is 2.38. The Balaban J connectivity index is 1.51. The first-order valence-corrected chi connectivity index (χ1v) is 8.55. The van der Waals surface area contributed by atoms with Gasteiger partial charge in [0.25, 0.3) is 0 Å². The number of nitrogens with zero attached hydrogens (tertiary/aromatic N) is 3. The van der Waals surface area contributed by atoms with Crippen LogP contribution < -0.4 is 5.32 Å². The number of pyridine rings is 1. The molecular weight excluding hydrogens is 284 g/mol. The molecule has 1 spiro atoms. The van der Waals surface area contributed by atoms with E-state index in [1.807, 2.05) is 23.9 Å². The molecule has 0 amide bonds. The molecule has 2 aromatic heterocycles. The lowest BCUT2D eigenvalue weighted by atomic mass is 9.90. The minimum atomic E-state index is 0.0945. The van der Waals surface area contributed by atoms with Crippen LogP contribution in [0.5, 0.6) is 0 Å². The molecule has 110 valence electrons. The van der Waals surface area contributed by atoms with Crippen molar-refractivity contribution in [2.75, 3.05) is 23.4 Å². The molecule has 2 fully saturated rings. The molecule has 2 aliphatic rings. The zero-order chi connectivity index (χ0) is 14.1. The Kier molecular flexibility index (Phi) is 3.43. The van der Waals surface area contributed by atoms with Crippen molar-refractivity contribution in [1.82, 2.24) is 15.0 Å². The van der Waals surface area contributed by atoms with Gasteiger partial charge >= 0.3 is 0 Å².